The maximum atomic E-state index is 14.1. The van der Waals surface area contributed by atoms with Crippen molar-refractivity contribution in [3.05, 3.63) is 89.0 Å². The molecule has 1 atom stereocenters. The van der Waals surface area contributed by atoms with Gasteiger partial charge in [-0.05, 0) is 78.3 Å². The van der Waals surface area contributed by atoms with E-state index in [2.05, 4.69) is 60.4 Å². The topological polar surface area (TPSA) is 53.0 Å². The van der Waals surface area contributed by atoms with Crippen molar-refractivity contribution in [3.63, 3.8) is 0 Å². The standard InChI is InChI=1S/C30H34N2O3/c1-2-22-9-15-25(16-10-22)32(21-23-11-13-24(14-12-23)31-17-19-35-20-18-31)30(34)28-7-3-6-27-26(28)5-4-8-29(27)33/h4-5,8-16,28,33H,2-3,6-7,17-21H2,1H3. The fourth-order valence-electron chi connectivity index (χ4n) is 5.30. The second-order valence-electron chi connectivity index (χ2n) is 9.50. The van der Waals surface area contributed by atoms with Crippen LogP contribution in [0.25, 0.3) is 0 Å². The number of rotatable bonds is 6. The Morgan fingerprint density at radius 1 is 1.00 bits per heavy atom. The van der Waals surface area contributed by atoms with Crippen molar-refractivity contribution in [2.75, 3.05) is 36.1 Å². The molecule has 3 aromatic rings. The Hall–Kier alpha value is -3.31. The van der Waals surface area contributed by atoms with Crippen molar-refractivity contribution >= 4 is 17.3 Å². The first-order valence-electron chi connectivity index (χ1n) is 12.8. The Morgan fingerprint density at radius 3 is 2.43 bits per heavy atom. The van der Waals surface area contributed by atoms with E-state index in [1.807, 2.05) is 17.0 Å². The lowest BCUT2D eigenvalue weighted by Gasteiger charge is -2.32. The second kappa shape index (κ2) is 10.5. The molecule has 1 N–H and O–H groups in total. The number of fused-ring (bicyclic) bond motifs is 1. The largest absolute Gasteiger partial charge is 0.508 e. The molecule has 1 heterocycles. The first kappa shape index (κ1) is 23.4. The van der Waals surface area contributed by atoms with Crippen molar-refractivity contribution in [3.8, 4) is 5.75 Å². The Kier molecular flexibility index (Phi) is 7.05. The van der Waals surface area contributed by atoms with Crippen LogP contribution in [0, 0.1) is 0 Å². The van der Waals surface area contributed by atoms with Crippen LogP contribution in [-0.4, -0.2) is 37.3 Å². The van der Waals surface area contributed by atoms with E-state index in [1.54, 1.807) is 6.07 Å². The summed E-state index contributed by atoms with van der Waals surface area (Å²) >= 11 is 0. The van der Waals surface area contributed by atoms with Crippen molar-refractivity contribution in [1.29, 1.82) is 0 Å². The number of amides is 1. The Labute approximate surface area is 208 Å². The van der Waals surface area contributed by atoms with E-state index in [1.165, 1.54) is 11.3 Å². The number of phenolic OH excluding ortho intramolecular Hbond substituents is 1. The third kappa shape index (κ3) is 5.06. The fraction of sp³-hybridized carbons (Fsp3) is 0.367. The van der Waals surface area contributed by atoms with E-state index >= 15 is 0 Å². The Bertz CT molecular complexity index is 1150. The lowest BCUT2D eigenvalue weighted by atomic mass is 9.81. The molecular formula is C30H34N2O3. The molecule has 1 aliphatic heterocycles. The van der Waals surface area contributed by atoms with Gasteiger partial charge in [0.1, 0.15) is 5.75 Å². The number of anilines is 2. The van der Waals surface area contributed by atoms with Crippen molar-refractivity contribution in [2.45, 2.75) is 45.1 Å². The van der Waals surface area contributed by atoms with E-state index in [0.29, 0.717) is 12.3 Å². The average Bonchev–Trinajstić information content (AvgIpc) is 2.92. The molecule has 5 rings (SSSR count). The summed E-state index contributed by atoms with van der Waals surface area (Å²) in [6, 6.07) is 22.5. The zero-order valence-electron chi connectivity index (χ0n) is 20.5. The summed E-state index contributed by atoms with van der Waals surface area (Å²) in [6.07, 6.45) is 3.49. The van der Waals surface area contributed by atoms with Crippen LogP contribution >= 0.6 is 0 Å². The monoisotopic (exact) mass is 470 g/mol. The number of nitrogens with zero attached hydrogens (tertiary/aromatic N) is 2. The molecule has 1 saturated heterocycles. The van der Waals surface area contributed by atoms with Gasteiger partial charge in [0.25, 0.3) is 0 Å². The summed E-state index contributed by atoms with van der Waals surface area (Å²) in [4.78, 5) is 18.3. The van der Waals surface area contributed by atoms with Crippen LogP contribution in [0.5, 0.6) is 5.75 Å². The highest BCUT2D eigenvalue weighted by atomic mass is 16.5. The van der Waals surface area contributed by atoms with E-state index in [0.717, 1.165) is 74.4 Å². The molecule has 182 valence electrons. The van der Waals surface area contributed by atoms with Gasteiger partial charge in [-0.1, -0.05) is 43.3 Å². The third-order valence-electron chi connectivity index (χ3n) is 7.36. The SMILES string of the molecule is CCc1ccc(N(Cc2ccc(N3CCOCC3)cc2)C(=O)C2CCCc3c(O)cccc32)cc1. The molecule has 0 bridgehead atoms. The first-order chi connectivity index (χ1) is 17.1. The summed E-state index contributed by atoms with van der Waals surface area (Å²) in [5.74, 6) is 0.153. The second-order valence-corrected chi connectivity index (χ2v) is 9.50. The molecule has 1 unspecified atom stereocenters. The van der Waals surface area contributed by atoms with E-state index < -0.39 is 0 Å². The number of phenols is 1. The summed E-state index contributed by atoms with van der Waals surface area (Å²) in [7, 11) is 0. The number of aromatic hydroxyl groups is 1. The molecule has 0 saturated carbocycles. The Morgan fingerprint density at radius 2 is 1.71 bits per heavy atom. The van der Waals surface area contributed by atoms with Crippen LogP contribution in [0.3, 0.4) is 0 Å². The maximum Gasteiger partial charge on any atom is 0.234 e. The van der Waals surface area contributed by atoms with Crippen LogP contribution < -0.4 is 9.80 Å². The molecule has 5 nitrogen and oxygen atoms in total. The molecule has 35 heavy (non-hydrogen) atoms. The highest BCUT2D eigenvalue weighted by Gasteiger charge is 2.32. The smallest absolute Gasteiger partial charge is 0.234 e. The number of aryl methyl sites for hydroxylation is 1. The van der Waals surface area contributed by atoms with Gasteiger partial charge in [-0.2, -0.15) is 0 Å². The minimum absolute atomic E-state index is 0.0954. The van der Waals surface area contributed by atoms with E-state index in [9.17, 15) is 9.90 Å². The minimum atomic E-state index is -0.246. The van der Waals surface area contributed by atoms with Crippen LogP contribution in [0.1, 0.15) is 47.9 Å². The lowest BCUT2D eigenvalue weighted by molar-refractivity contribution is -0.120. The predicted molar refractivity (Wildman–Crippen MR) is 140 cm³/mol. The zero-order chi connectivity index (χ0) is 24.2. The number of ether oxygens (including phenoxy) is 1. The van der Waals surface area contributed by atoms with Crippen LogP contribution in [-0.2, 0) is 28.9 Å². The van der Waals surface area contributed by atoms with Gasteiger partial charge in [0.05, 0.1) is 25.7 Å². The number of benzene rings is 3. The molecule has 0 radical (unpaired) electrons. The number of hydrogen-bond acceptors (Lipinski definition) is 4. The van der Waals surface area contributed by atoms with E-state index in [4.69, 9.17) is 4.74 Å². The zero-order valence-corrected chi connectivity index (χ0v) is 20.5. The normalized spacial score (nSPS) is 17.6. The molecule has 3 aromatic carbocycles. The van der Waals surface area contributed by atoms with Gasteiger partial charge < -0.3 is 19.6 Å². The predicted octanol–water partition coefficient (Wildman–Crippen LogP) is 5.44. The Balaban J connectivity index is 1.44. The molecule has 1 aliphatic carbocycles. The van der Waals surface area contributed by atoms with Gasteiger partial charge in [-0.3, -0.25) is 4.79 Å². The molecule has 0 spiro atoms. The fourth-order valence-corrected chi connectivity index (χ4v) is 5.30. The minimum Gasteiger partial charge on any atom is -0.508 e. The summed E-state index contributed by atoms with van der Waals surface area (Å²) in [6.45, 7) is 5.98. The van der Waals surface area contributed by atoms with Gasteiger partial charge in [-0.25, -0.2) is 0 Å². The first-order valence-corrected chi connectivity index (χ1v) is 12.8. The maximum absolute atomic E-state index is 14.1. The third-order valence-corrected chi connectivity index (χ3v) is 7.36. The van der Waals surface area contributed by atoms with E-state index in [-0.39, 0.29) is 11.8 Å². The average molecular weight is 471 g/mol. The summed E-state index contributed by atoms with van der Waals surface area (Å²) in [5, 5.41) is 10.4. The highest BCUT2D eigenvalue weighted by molar-refractivity contribution is 5.98. The summed E-state index contributed by atoms with van der Waals surface area (Å²) in [5.41, 5.74) is 6.36. The van der Waals surface area contributed by atoms with Gasteiger partial charge in [0.2, 0.25) is 5.91 Å². The van der Waals surface area contributed by atoms with Crippen molar-refractivity contribution < 1.29 is 14.6 Å². The molecular weight excluding hydrogens is 436 g/mol. The van der Waals surface area contributed by atoms with Gasteiger partial charge in [0.15, 0.2) is 0 Å². The van der Waals surface area contributed by atoms with Crippen molar-refractivity contribution in [1.82, 2.24) is 0 Å². The summed E-state index contributed by atoms with van der Waals surface area (Å²) < 4.78 is 5.48. The molecule has 1 amide bonds. The molecule has 2 aliphatic rings. The lowest BCUT2D eigenvalue weighted by Crippen LogP contribution is -2.36. The van der Waals surface area contributed by atoms with Gasteiger partial charge in [-0.15, -0.1) is 0 Å². The highest BCUT2D eigenvalue weighted by Crippen LogP contribution is 2.38. The van der Waals surface area contributed by atoms with Gasteiger partial charge in [0, 0.05) is 24.5 Å². The van der Waals surface area contributed by atoms with Gasteiger partial charge >= 0.3 is 0 Å². The number of morpholine rings is 1. The quantitative estimate of drug-likeness (QED) is 0.521. The van der Waals surface area contributed by atoms with Crippen LogP contribution in [0.4, 0.5) is 11.4 Å². The molecule has 0 aromatic heterocycles. The van der Waals surface area contributed by atoms with Crippen LogP contribution in [0.2, 0.25) is 0 Å². The molecule has 5 heteroatoms. The molecule has 1 fully saturated rings. The number of hydrogen-bond donors (Lipinski definition) is 1. The number of carbonyl (C=O) groups is 1. The van der Waals surface area contributed by atoms with Crippen LogP contribution in [0.15, 0.2) is 66.7 Å². The number of carbonyl (C=O) groups excluding carboxylic acids is 1. The van der Waals surface area contributed by atoms with Crippen molar-refractivity contribution in [2.24, 2.45) is 0 Å².